The summed E-state index contributed by atoms with van der Waals surface area (Å²) in [6.45, 7) is 1.37. The zero-order valence-electron chi connectivity index (χ0n) is 12.9. The van der Waals surface area contributed by atoms with Crippen LogP contribution in [-0.4, -0.2) is 19.3 Å². The molecule has 1 unspecified atom stereocenters. The molecule has 1 N–H and O–H groups in total. The van der Waals surface area contributed by atoms with Crippen LogP contribution in [0.3, 0.4) is 0 Å². The lowest BCUT2D eigenvalue weighted by Crippen LogP contribution is -2.31. The molecule has 130 valence electrons. The van der Waals surface area contributed by atoms with Gasteiger partial charge in [-0.25, -0.2) is 8.42 Å². The second-order valence-electron chi connectivity index (χ2n) is 5.87. The Bertz CT molecular complexity index is 797. The summed E-state index contributed by atoms with van der Waals surface area (Å²) in [7, 11) is -3.82. The van der Waals surface area contributed by atoms with Crippen LogP contribution in [0.5, 0.6) is 0 Å². The molecule has 2 rings (SSSR count). The molecule has 2 aromatic carbocycles. The Balaban J connectivity index is 2.20. The van der Waals surface area contributed by atoms with Gasteiger partial charge in [0.25, 0.3) is 0 Å². The summed E-state index contributed by atoms with van der Waals surface area (Å²) < 4.78 is 62.7. The first-order chi connectivity index (χ1) is 11.0. The van der Waals surface area contributed by atoms with E-state index >= 15 is 0 Å². The summed E-state index contributed by atoms with van der Waals surface area (Å²) in [5.41, 5.74) is -2.06. The molecule has 0 heterocycles. The van der Waals surface area contributed by atoms with Crippen molar-refractivity contribution in [3.8, 4) is 0 Å². The maximum absolute atomic E-state index is 12.7. The second kappa shape index (κ2) is 6.57. The number of alkyl halides is 3. The SMILES string of the molecule is CC(O)(CS(=O)(=O)Cc1cccc(C(F)(F)F)c1)c1ccccc1. The highest BCUT2D eigenvalue weighted by Gasteiger charge is 2.32. The predicted octanol–water partition coefficient (Wildman–Crippen LogP) is 3.53. The van der Waals surface area contributed by atoms with E-state index in [0.29, 0.717) is 5.56 Å². The monoisotopic (exact) mass is 358 g/mol. The van der Waals surface area contributed by atoms with Crippen LogP contribution in [0.1, 0.15) is 23.6 Å². The Labute approximate surface area is 138 Å². The van der Waals surface area contributed by atoms with Crippen LogP contribution in [0.25, 0.3) is 0 Å². The van der Waals surface area contributed by atoms with E-state index in [1.54, 1.807) is 30.3 Å². The van der Waals surface area contributed by atoms with Crippen LogP contribution in [0.2, 0.25) is 0 Å². The van der Waals surface area contributed by atoms with Crippen molar-refractivity contribution in [2.45, 2.75) is 24.5 Å². The normalized spacial score (nSPS) is 15.0. The van der Waals surface area contributed by atoms with Gasteiger partial charge >= 0.3 is 6.18 Å². The van der Waals surface area contributed by atoms with Crippen LogP contribution in [0.4, 0.5) is 13.2 Å². The molecule has 0 fully saturated rings. The van der Waals surface area contributed by atoms with Crippen molar-refractivity contribution in [3.63, 3.8) is 0 Å². The Morgan fingerprint density at radius 3 is 2.12 bits per heavy atom. The lowest BCUT2D eigenvalue weighted by Gasteiger charge is -2.23. The fourth-order valence-corrected chi connectivity index (χ4v) is 4.26. The van der Waals surface area contributed by atoms with Crippen molar-refractivity contribution in [1.82, 2.24) is 0 Å². The standard InChI is InChI=1S/C17H17F3O3S/c1-16(21,14-7-3-2-4-8-14)12-24(22,23)11-13-6-5-9-15(10-13)17(18,19)20/h2-10,21H,11-12H2,1H3. The molecule has 0 aliphatic heterocycles. The summed E-state index contributed by atoms with van der Waals surface area (Å²) in [6, 6.07) is 12.5. The third-order valence-corrected chi connectivity index (χ3v) is 5.31. The van der Waals surface area contributed by atoms with E-state index in [1.165, 1.54) is 19.1 Å². The zero-order valence-corrected chi connectivity index (χ0v) is 13.7. The second-order valence-corrected chi connectivity index (χ2v) is 7.93. The minimum atomic E-state index is -4.53. The van der Waals surface area contributed by atoms with Crippen LogP contribution >= 0.6 is 0 Å². The molecule has 0 saturated heterocycles. The molecule has 0 aliphatic rings. The van der Waals surface area contributed by atoms with Gasteiger partial charge in [-0.3, -0.25) is 0 Å². The van der Waals surface area contributed by atoms with Gasteiger partial charge < -0.3 is 5.11 Å². The molecular weight excluding hydrogens is 341 g/mol. The van der Waals surface area contributed by atoms with E-state index in [2.05, 4.69) is 0 Å². The van der Waals surface area contributed by atoms with Crippen LogP contribution in [-0.2, 0) is 27.4 Å². The highest BCUT2D eigenvalue weighted by Crippen LogP contribution is 2.30. The summed E-state index contributed by atoms with van der Waals surface area (Å²) in [5, 5.41) is 10.4. The summed E-state index contributed by atoms with van der Waals surface area (Å²) in [6.07, 6.45) is -4.53. The van der Waals surface area contributed by atoms with Gasteiger partial charge in [0, 0.05) is 0 Å². The molecule has 0 saturated carbocycles. The third-order valence-electron chi connectivity index (χ3n) is 3.54. The van der Waals surface area contributed by atoms with Crippen molar-refractivity contribution < 1.29 is 26.7 Å². The van der Waals surface area contributed by atoms with Gasteiger partial charge in [-0.15, -0.1) is 0 Å². The molecule has 0 aliphatic carbocycles. The summed E-state index contributed by atoms with van der Waals surface area (Å²) >= 11 is 0. The fourth-order valence-electron chi connectivity index (χ4n) is 2.45. The van der Waals surface area contributed by atoms with Crippen molar-refractivity contribution in [1.29, 1.82) is 0 Å². The largest absolute Gasteiger partial charge is 0.416 e. The molecule has 0 aromatic heterocycles. The van der Waals surface area contributed by atoms with Crippen LogP contribution in [0, 0.1) is 0 Å². The van der Waals surface area contributed by atoms with Gasteiger partial charge in [-0.05, 0) is 24.1 Å². The van der Waals surface area contributed by atoms with E-state index < -0.39 is 38.7 Å². The highest BCUT2D eigenvalue weighted by atomic mass is 32.2. The average Bonchev–Trinajstić information content (AvgIpc) is 2.46. The lowest BCUT2D eigenvalue weighted by atomic mass is 9.99. The van der Waals surface area contributed by atoms with Gasteiger partial charge in [0.2, 0.25) is 0 Å². The quantitative estimate of drug-likeness (QED) is 0.890. The molecular formula is C17H17F3O3S. The average molecular weight is 358 g/mol. The van der Waals surface area contributed by atoms with Crippen molar-refractivity contribution in [2.75, 3.05) is 5.75 Å². The summed E-state index contributed by atoms with van der Waals surface area (Å²) in [5.74, 6) is -1.15. The minimum absolute atomic E-state index is 0.0358. The molecule has 0 amide bonds. The van der Waals surface area contributed by atoms with Crippen molar-refractivity contribution in [2.24, 2.45) is 0 Å². The maximum Gasteiger partial charge on any atom is 0.416 e. The number of hydrogen-bond donors (Lipinski definition) is 1. The van der Waals surface area contributed by atoms with E-state index in [9.17, 15) is 26.7 Å². The van der Waals surface area contributed by atoms with Crippen LogP contribution < -0.4 is 0 Å². The Morgan fingerprint density at radius 2 is 1.54 bits per heavy atom. The molecule has 2 aromatic rings. The minimum Gasteiger partial charge on any atom is -0.384 e. The first-order valence-electron chi connectivity index (χ1n) is 7.14. The predicted molar refractivity (Wildman–Crippen MR) is 84.9 cm³/mol. The molecule has 0 bridgehead atoms. The zero-order chi connectivity index (χ0) is 18.0. The molecule has 0 radical (unpaired) electrons. The maximum atomic E-state index is 12.7. The molecule has 1 atom stereocenters. The smallest absolute Gasteiger partial charge is 0.384 e. The van der Waals surface area contributed by atoms with E-state index in [-0.39, 0.29) is 5.56 Å². The van der Waals surface area contributed by atoms with Gasteiger partial charge in [0.1, 0.15) is 5.60 Å². The summed E-state index contributed by atoms with van der Waals surface area (Å²) in [4.78, 5) is 0. The highest BCUT2D eigenvalue weighted by molar-refractivity contribution is 7.90. The van der Waals surface area contributed by atoms with Gasteiger partial charge in [0.15, 0.2) is 9.84 Å². The Hall–Kier alpha value is -1.86. The van der Waals surface area contributed by atoms with Gasteiger partial charge in [-0.1, -0.05) is 48.5 Å². The van der Waals surface area contributed by atoms with E-state index in [1.807, 2.05) is 0 Å². The fraction of sp³-hybridized carbons (Fsp3) is 0.294. The third kappa shape index (κ3) is 4.82. The number of benzene rings is 2. The van der Waals surface area contributed by atoms with Gasteiger partial charge in [-0.2, -0.15) is 13.2 Å². The number of aliphatic hydroxyl groups is 1. The molecule has 0 spiro atoms. The van der Waals surface area contributed by atoms with E-state index in [0.717, 1.165) is 12.1 Å². The lowest BCUT2D eigenvalue weighted by molar-refractivity contribution is -0.137. The Morgan fingerprint density at radius 1 is 0.958 bits per heavy atom. The number of sulfone groups is 1. The topological polar surface area (TPSA) is 54.4 Å². The van der Waals surface area contributed by atoms with Crippen LogP contribution in [0.15, 0.2) is 54.6 Å². The molecule has 24 heavy (non-hydrogen) atoms. The first kappa shape index (κ1) is 18.5. The molecule has 7 heteroatoms. The van der Waals surface area contributed by atoms with E-state index in [4.69, 9.17) is 0 Å². The van der Waals surface area contributed by atoms with Crippen molar-refractivity contribution >= 4 is 9.84 Å². The Kier molecular flexibility index (Phi) is 5.05. The van der Waals surface area contributed by atoms with Gasteiger partial charge in [0.05, 0.1) is 17.1 Å². The first-order valence-corrected chi connectivity index (χ1v) is 8.96. The van der Waals surface area contributed by atoms with Crippen molar-refractivity contribution in [3.05, 3.63) is 71.3 Å². The molecule has 3 nitrogen and oxygen atoms in total. The number of rotatable bonds is 5. The number of hydrogen-bond acceptors (Lipinski definition) is 3. The number of halogens is 3.